The van der Waals surface area contributed by atoms with E-state index in [1.165, 1.54) is 32.1 Å². The summed E-state index contributed by atoms with van der Waals surface area (Å²) in [6.07, 6.45) is 6.50. The Morgan fingerprint density at radius 1 is 1.26 bits per heavy atom. The van der Waals surface area contributed by atoms with Crippen LogP contribution in [-0.4, -0.2) is 30.8 Å². The third-order valence-corrected chi connectivity index (χ3v) is 3.37. The van der Waals surface area contributed by atoms with Crippen LogP contribution in [0.2, 0.25) is 0 Å². The maximum atomic E-state index is 11.6. The van der Waals surface area contributed by atoms with Crippen molar-refractivity contribution in [2.45, 2.75) is 71.4 Å². The molecule has 4 nitrogen and oxygen atoms in total. The summed E-state index contributed by atoms with van der Waals surface area (Å²) in [5, 5.41) is 6.30. The van der Waals surface area contributed by atoms with Gasteiger partial charge in [0.2, 0.25) is 0 Å². The summed E-state index contributed by atoms with van der Waals surface area (Å²) >= 11 is 0. The summed E-state index contributed by atoms with van der Waals surface area (Å²) in [5.74, 6) is 0.822. The minimum absolute atomic E-state index is 0.0958. The maximum absolute atomic E-state index is 11.6. The van der Waals surface area contributed by atoms with Crippen molar-refractivity contribution in [1.29, 1.82) is 0 Å². The van der Waals surface area contributed by atoms with Gasteiger partial charge in [0.25, 0.3) is 0 Å². The standard InChI is InChI=1S/C15H30N2O2/c1-12(17-14(18)19-15(2,3)4)10-16-11-13-8-6-5-7-9-13/h12-13,16H,5-11H2,1-4H3,(H,17,18). The van der Waals surface area contributed by atoms with Gasteiger partial charge in [0.05, 0.1) is 0 Å². The van der Waals surface area contributed by atoms with E-state index in [-0.39, 0.29) is 12.1 Å². The Hall–Kier alpha value is -0.770. The zero-order chi connectivity index (χ0) is 14.3. The first-order valence-corrected chi connectivity index (χ1v) is 7.57. The third kappa shape index (κ3) is 8.09. The molecule has 1 rings (SSSR count). The van der Waals surface area contributed by atoms with Gasteiger partial charge in [-0.05, 0) is 53.0 Å². The predicted octanol–water partition coefficient (Wildman–Crippen LogP) is 3.07. The summed E-state index contributed by atoms with van der Waals surface area (Å²) in [4.78, 5) is 11.6. The van der Waals surface area contributed by atoms with Gasteiger partial charge >= 0.3 is 6.09 Å². The van der Waals surface area contributed by atoms with Gasteiger partial charge in [-0.1, -0.05) is 19.3 Å². The van der Waals surface area contributed by atoms with E-state index >= 15 is 0 Å². The fraction of sp³-hybridized carbons (Fsp3) is 0.933. The van der Waals surface area contributed by atoms with Crippen molar-refractivity contribution in [2.75, 3.05) is 13.1 Å². The average Bonchev–Trinajstić information content (AvgIpc) is 2.27. The predicted molar refractivity (Wildman–Crippen MR) is 78.3 cm³/mol. The van der Waals surface area contributed by atoms with Crippen molar-refractivity contribution in [3.63, 3.8) is 0 Å². The minimum Gasteiger partial charge on any atom is -0.444 e. The van der Waals surface area contributed by atoms with Gasteiger partial charge in [-0.15, -0.1) is 0 Å². The van der Waals surface area contributed by atoms with Crippen molar-refractivity contribution in [3.8, 4) is 0 Å². The normalized spacial score (nSPS) is 18.9. The van der Waals surface area contributed by atoms with Crippen LogP contribution in [0.3, 0.4) is 0 Å². The van der Waals surface area contributed by atoms with Gasteiger partial charge in [0, 0.05) is 12.6 Å². The summed E-state index contributed by atoms with van der Waals surface area (Å²) in [6, 6.07) is 0.0958. The molecule has 0 saturated heterocycles. The molecule has 0 bridgehead atoms. The lowest BCUT2D eigenvalue weighted by molar-refractivity contribution is 0.0508. The SMILES string of the molecule is CC(CNCC1CCCCC1)NC(=O)OC(C)(C)C. The molecule has 1 aliphatic carbocycles. The van der Waals surface area contributed by atoms with Crippen LogP contribution in [0.5, 0.6) is 0 Å². The Balaban J connectivity index is 2.10. The van der Waals surface area contributed by atoms with Crippen molar-refractivity contribution in [1.82, 2.24) is 10.6 Å². The van der Waals surface area contributed by atoms with Crippen molar-refractivity contribution in [2.24, 2.45) is 5.92 Å². The molecule has 0 aliphatic heterocycles. The van der Waals surface area contributed by atoms with Crippen LogP contribution in [-0.2, 0) is 4.74 Å². The van der Waals surface area contributed by atoms with E-state index in [9.17, 15) is 4.79 Å². The Kier molecular flexibility index (Phi) is 6.63. The number of carbonyl (C=O) groups excluding carboxylic acids is 1. The lowest BCUT2D eigenvalue weighted by Gasteiger charge is -2.24. The number of amides is 1. The number of carbonyl (C=O) groups is 1. The highest BCUT2D eigenvalue weighted by atomic mass is 16.6. The van der Waals surface area contributed by atoms with Gasteiger partial charge in [0.15, 0.2) is 0 Å². The molecular weight excluding hydrogens is 240 g/mol. The van der Waals surface area contributed by atoms with Gasteiger partial charge in [-0.2, -0.15) is 0 Å². The number of nitrogens with one attached hydrogen (secondary N) is 2. The molecule has 1 unspecified atom stereocenters. The maximum Gasteiger partial charge on any atom is 0.407 e. The molecule has 0 aromatic heterocycles. The van der Waals surface area contributed by atoms with Gasteiger partial charge in [-0.3, -0.25) is 0 Å². The zero-order valence-electron chi connectivity index (χ0n) is 12.9. The second-order valence-electron chi connectivity index (χ2n) is 6.71. The molecule has 1 atom stereocenters. The number of hydrogen-bond donors (Lipinski definition) is 2. The topological polar surface area (TPSA) is 50.4 Å². The number of ether oxygens (including phenoxy) is 1. The number of hydrogen-bond acceptors (Lipinski definition) is 3. The van der Waals surface area contributed by atoms with Crippen LogP contribution in [0.1, 0.15) is 59.8 Å². The largest absolute Gasteiger partial charge is 0.444 e. The Labute approximate surface area is 117 Å². The quantitative estimate of drug-likeness (QED) is 0.807. The molecular formula is C15H30N2O2. The summed E-state index contributed by atoms with van der Waals surface area (Å²) in [7, 11) is 0. The van der Waals surface area contributed by atoms with Crippen LogP contribution < -0.4 is 10.6 Å². The first kappa shape index (κ1) is 16.3. The molecule has 112 valence electrons. The van der Waals surface area contributed by atoms with Gasteiger partial charge in [-0.25, -0.2) is 4.79 Å². The molecule has 19 heavy (non-hydrogen) atoms. The fourth-order valence-electron chi connectivity index (χ4n) is 2.45. The first-order valence-electron chi connectivity index (χ1n) is 7.57. The highest BCUT2D eigenvalue weighted by molar-refractivity contribution is 5.68. The molecule has 1 fully saturated rings. The summed E-state index contributed by atoms with van der Waals surface area (Å²) in [5.41, 5.74) is -0.431. The Morgan fingerprint density at radius 2 is 1.89 bits per heavy atom. The van der Waals surface area contributed by atoms with E-state index in [1.807, 2.05) is 27.7 Å². The molecule has 1 amide bonds. The molecule has 2 N–H and O–H groups in total. The van der Waals surface area contributed by atoms with E-state index in [2.05, 4.69) is 10.6 Å². The molecule has 1 saturated carbocycles. The summed E-state index contributed by atoms with van der Waals surface area (Å²) < 4.78 is 5.23. The lowest BCUT2D eigenvalue weighted by Crippen LogP contribution is -2.43. The van der Waals surface area contributed by atoms with E-state index in [1.54, 1.807) is 0 Å². The molecule has 0 radical (unpaired) electrons. The average molecular weight is 270 g/mol. The Morgan fingerprint density at radius 3 is 2.47 bits per heavy atom. The lowest BCUT2D eigenvalue weighted by atomic mass is 9.89. The van der Waals surface area contributed by atoms with Crippen LogP contribution in [0, 0.1) is 5.92 Å². The molecule has 4 heteroatoms. The Bertz CT molecular complexity index is 268. The van der Waals surface area contributed by atoms with Gasteiger partial charge < -0.3 is 15.4 Å². The van der Waals surface area contributed by atoms with Crippen molar-refractivity contribution < 1.29 is 9.53 Å². The van der Waals surface area contributed by atoms with E-state index in [4.69, 9.17) is 4.74 Å². The molecule has 0 aromatic rings. The van der Waals surface area contributed by atoms with Crippen molar-refractivity contribution in [3.05, 3.63) is 0 Å². The highest BCUT2D eigenvalue weighted by Gasteiger charge is 2.18. The first-order chi connectivity index (χ1) is 8.87. The van der Waals surface area contributed by atoms with E-state index in [0.717, 1.165) is 19.0 Å². The second kappa shape index (κ2) is 7.73. The smallest absolute Gasteiger partial charge is 0.407 e. The van der Waals surface area contributed by atoms with E-state index < -0.39 is 5.60 Å². The molecule has 0 aromatic carbocycles. The van der Waals surface area contributed by atoms with Crippen LogP contribution >= 0.6 is 0 Å². The highest BCUT2D eigenvalue weighted by Crippen LogP contribution is 2.22. The number of rotatable bonds is 5. The monoisotopic (exact) mass is 270 g/mol. The fourth-order valence-corrected chi connectivity index (χ4v) is 2.45. The zero-order valence-corrected chi connectivity index (χ0v) is 12.9. The van der Waals surface area contributed by atoms with Gasteiger partial charge in [0.1, 0.15) is 5.60 Å². The van der Waals surface area contributed by atoms with Crippen LogP contribution in [0.4, 0.5) is 4.79 Å². The van der Waals surface area contributed by atoms with Crippen molar-refractivity contribution >= 4 is 6.09 Å². The molecule has 0 spiro atoms. The van der Waals surface area contributed by atoms with E-state index in [0.29, 0.717) is 0 Å². The molecule has 0 heterocycles. The molecule has 1 aliphatic rings. The van der Waals surface area contributed by atoms with Crippen LogP contribution in [0.25, 0.3) is 0 Å². The minimum atomic E-state index is -0.431. The summed E-state index contributed by atoms with van der Waals surface area (Å²) in [6.45, 7) is 9.49. The van der Waals surface area contributed by atoms with Crippen LogP contribution in [0.15, 0.2) is 0 Å². The third-order valence-electron chi connectivity index (χ3n) is 3.37. The second-order valence-corrected chi connectivity index (χ2v) is 6.71. The number of alkyl carbamates (subject to hydrolysis) is 1.